The van der Waals surface area contributed by atoms with Crippen molar-refractivity contribution in [1.82, 2.24) is 0 Å². The maximum absolute atomic E-state index is 7.37. The van der Waals surface area contributed by atoms with Crippen LogP contribution >= 0.6 is 0 Å². The van der Waals surface area contributed by atoms with Gasteiger partial charge in [-0.05, 0) is 10.4 Å². The third kappa shape index (κ3) is 13.5. The molecule has 3 nitrogen and oxygen atoms in total. The Morgan fingerprint density at radius 1 is 2.00 bits per heavy atom. The van der Waals surface area contributed by atoms with Gasteiger partial charge in [0.25, 0.3) is 0 Å². The fourth-order valence-corrected chi connectivity index (χ4v) is 0. The van der Waals surface area contributed by atoms with E-state index in [2.05, 4.69) is 9.69 Å². The monoisotopic (exact) mass is 99.0 g/mol. The molecule has 0 aliphatic carbocycles. The summed E-state index contributed by atoms with van der Waals surface area (Å²) in [4.78, 5) is 2.42. The molecule has 0 unspecified atom stereocenters. The molecule has 0 aromatic rings. The second kappa shape index (κ2) is 8.85. The summed E-state index contributed by atoms with van der Waals surface area (Å²) in [6.07, 6.45) is 0. The van der Waals surface area contributed by atoms with Crippen molar-refractivity contribution >= 4 is 33.5 Å². The molecule has 0 amide bonds. The standard InChI is InChI=1S/Mg.H3N3Si.2H/c;1-2-3-4;;/h;4H3;;/q+2;;2*-1. The number of hydrogen-bond donors (Lipinski definition) is 0. The predicted molar refractivity (Wildman–Crippen MR) is 27.1 cm³/mol. The summed E-state index contributed by atoms with van der Waals surface area (Å²) in [5.41, 5.74) is 7.37. The Morgan fingerprint density at radius 3 is 2.20 bits per heavy atom. The SMILES string of the molecule is [H-].[H-].[Mg+2].[N-]=[N+]=N[SiH3]. The fourth-order valence-electron chi connectivity index (χ4n) is 0. The Balaban J connectivity index is -0.0000000150. The third-order valence-electron chi connectivity index (χ3n) is 0.0894. The van der Waals surface area contributed by atoms with Gasteiger partial charge in [0, 0.05) is 0 Å². The Kier molecular flexibility index (Phi) is 15.9. The number of hydrogen-bond acceptors (Lipinski definition) is 1. The van der Waals surface area contributed by atoms with Crippen LogP contribution < -0.4 is 0 Å². The zero-order chi connectivity index (χ0) is 3.41. The van der Waals surface area contributed by atoms with E-state index in [1.807, 2.05) is 0 Å². The van der Waals surface area contributed by atoms with E-state index in [0.29, 0.717) is 10.4 Å². The van der Waals surface area contributed by atoms with Gasteiger partial charge in [-0.3, -0.25) is 0 Å². The van der Waals surface area contributed by atoms with Crippen molar-refractivity contribution in [2.45, 2.75) is 0 Å². The van der Waals surface area contributed by atoms with Gasteiger partial charge in [0.1, 0.15) is 10.4 Å². The largest absolute Gasteiger partial charge is 2.00 e. The van der Waals surface area contributed by atoms with Crippen molar-refractivity contribution in [1.29, 1.82) is 0 Å². The van der Waals surface area contributed by atoms with Crippen molar-refractivity contribution in [3.05, 3.63) is 10.4 Å². The molecule has 0 saturated heterocycles. The molecule has 0 atom stereocenters. The van der Waals surface area contributed by atoms with Crippen molar-refractivity contribution in [2.75, 3.05) is 0 Å². The number of rotatable bonds is 0. The summed E-state index contributed by atoms with van der Waals surface area (Å²) >= 11 is 0. The molecule has 0 fully saturated rings. The maximum atomic E-state index is 7.37. The van der Waals surface area contributed by atoms with E-state index in [0.717, 1.165) is 0 Å². The van der Waals surface area contributed by atoms with Gasteiger partial charge in [0.05, 0.1) is 0 Å². The van der Waals surface area contributed by atoms with Crippen LogP contribution in [0.3, 0.4) is 0 Å². The second-order valence-electron chi connectivity index (χ2n) is 0.289. The van der Waals surface area contributed by atoms with Crippen molar-refractivity contribution in [3.8, 4) is 0 Å². The van der Waals surface area contributed by atoms with Crippen LogP contribution in [0, 0.1) is 0 Å². The molecule has 5 heavy (non-hydrogen) atoms. The molecule has 0 radical (unpaired) electrons. The smallest absolute Gasteiger partial charge is 1.00 e. The maximum Gasteiger partial charge on any atom is 2.00 e. The first-order chi connectivity index (χ1) is 1.91. The molecular formula is H5MgN3Si. The third-order valence-corrected chi connectivity index (χ3v) is 0.268. The average molecular weight is 99.5 g/mol. The molecule has 0 rings (SSSR count). The molecule has 5 heteroatoms. The zero-order valence-corrected chi connectivity index (χ0v) is 6.46. The molecule has 0 aliphatic heterocycles. The number of azide groups is 1. The first kappa shape index (κ1) is 9.00. The summed E-state index contributed by atoms with van der Waals surface area (Å²) in [7, 11) is 0.598. The summed E-state index contributed by atoms with van der Waals surface area (Å²) in [6.45, 7) is 0. The van der Waals surface area contributed by atoms with E-state index >= 15 is 0 Å². The normalized spacial score (nSPS) is 4.00. The van der Waals surface area contributed by atoms with Crippen LogP contribution in [0.4, 0.5) is 0 Å². The van der Waals surface area contributed by atoms with Gasteiger partial charge in [-0.15, -0.1) is 4.78 Å². The van der Waals surface area contributed by atoms with E-state index < -0.39 is 0 Å². The van der Waals surface area contributed by atoms with Gasteiger partial charge in [0.2, 0.25) is 0 Å². The molecule has 0 aromatic carbocycles. The molecule has 26 valence electrons. The first-order valence-corrected chi connectivity index (χ1v) is 1.74. The Hall–Kier alpha value is 0.293. The molecule has 0 aliphatic rings. The van der Waals surface area contributed by atoms with Gasteiger partial charge >= 0.3 is 23.1 Å². The van der Waals surface area contributed by atoms with Crippen LogP contribution in [-0.2, 0) is 0 Å². The minimum absolute atomic E-state index is 0. The molecule has 0 spiro atoms. The zero-order valence-electron chi connectivity index (χ0n) is 5.05. The molecular weight excluding hydrogens is 94.4 g/mol. The minimum atomic E-state index is 0. The van der Waals surface area contributed by atoms with Crippen LogP contribution in [0.25, 0.3) is 10.4 Å². The van der Waals surface area contributed by atoms with E-state index in [4.69, 9.17) is 5.53 Å². The van der Waals surface area contributed by atoms with Gasteiger partial charge in [0.15, 0.2) is 0 Å². The van der Waals surface area contributed by atoms with Gasteiger partial charge in [-0.1, -0.05) is 0 Å². The van der Waals surface area contributed by atoms with Crippen LogP contribution in [0.5, 0.6) is 0 Å². The Morgan fingerprint density at radius 2 is 2.20 bits per heavy atom. The van der Waals surface area contributed by atoms with Crippen LogP contribution in [0.15, 0.2) is 4.78 Å². The molecule has 0 heterocycles. The molecule has 0 aromatic heterocycles. The summed E-state index contributed by atoms with van der Waals surface area (Å²) in [5, 5.41) is 0. The van der Waals surface area contributed by atoms with Crippen LogP contribution in [0.1, 0.15) is 2.85 Å². The topological polar surface area (TPSA) is 48.8 Å². The second-order valence-corrected chi connectivity index (χ2v) is 0.689. The summed E-state index contributed by atoms with van der Waals surface area (Å²) in [6, 6.07) is 0. The minimum Gasteiger partial charge on any atom is -1.00 e. The van der Waals surface area contributed by atoms with Crippen molar-refractivity contribution in [2.24, 2.45) is 4.78 Å². The fraction of sp³-hybridized carbons (Fsp3) is 0. The first-order valence-electron chi connectivity index (χ1n) is 0.847. The summed E-state index contributed by atoms with van der Waals surface area (Å²) in [5.74, 6) is 0. The van der Waals surface area contributed by atoms with Crippen molar-refractivity contribution < 1.29 is 2.85 Å². The van der Waals surface area contributed by atoms with Gasteiger partial charge < -0.3 is 2.85 Å². The Bertz CT molecular complexity index is 50.9. The van der Waals surface area contributed by atoms with Crippen molar-refractivity contribution in [3.63, 3.8) is 0 Å². The van der Waals surface area contributed by atoms with Crippen LogP contribution in [0.2, 0.25) is 0 Å². The van der Waals surface area contributed by atoms with Gasteiger partial charge in [-0.25, -0.2) is 0 Å². The summed E-state index contributed by atoms with van der Waals surface area (Å²) < 4.78 is 3.06. The molecule has 0 bridgehead atoms. The van der Waals surface area contributed by atoms with E-state index in [-0.39, 0.29) is 25.9 Å². The quantitative estimate of drug-likeness (QED) is 0.169. The van der Waals surface area contributed by atoms with Gasteiger partial charge in [-0.2, -0.15) is 0 Å². The van der Waals surface area contributed by atoms with Crippen LogP contribution in [-0.4, -0.2) is 33.5 Å². The van der Waals surface area contributed by atoms with E-state index in [1.165, 1.54) is 0 Å². The molecule has 0 saturated carbocycles. The van der Waals surface area contributed by atoms with E-state index in [1.54, 1.807) is 0 Å². The average Bonchev–Trinajstić information content (AvgIpc) is 1.37. The predicted octanol–water partition coefficient (Wildman–Crippen LogP) is -0.579. The number of nitrogens with zero attached hydrogens (tertiary/aromatic N) is 3. The Labute approximate surface area is 52.0 Å². The van der Waals surface area contributed by atoms with E-state index in [9.17, 15) is 0 Å². The molecule has 0 N–H and O–H groups in total.